The topological polar surface area (TPSA) is 67.6 Å². The molecule has 1 aliphatic rings. The fourth-order valence-electron chi connectivity index (χ4n) is 2.94. The number of aromatic nitrogens is 1. The van der Waals surface area contributed by atoms with Gasteiger partial charge in [0.05, 0.1) is 10.3 Å². The van der Waals surface area contributed by atoms with Crippen molar-refractivity contribution in [3.63, 3.8) is 0 Å². The third-order valence-corrected chi connectivity index (χ3v) is 5.34. The molecule has 1 fully saturated rings. The molecule has 1 aromatic carbocycles. The van der Waals surface area contributed by atoms with Crippen LogP contribution in [-0.4, -0.2) is 34.6 Å². The number of fused-ring (bicyclic) bond motifs is 1. The summed E-state index contributed by atoms with van der Waals surface area (Å²) in [5.41, 5.74) is 1.54. The molecule has 0 spiro atoms. The predicted molar refractivity (Wildman–Crippen MR) is 108 cm³/mol. The molecule has 0 saturated carbocycles. The Bertz CT molecular complexity index is 866. The quantitative estimate of drug-likeness (QED) is 0.427. The molecule has 0 aliphatic carbocycles. The minimum Gasteiger partial charge on any atom is -0.462 e. The molecule has 0 unspecified atom stereocenters. The van der Waals surface area contributed by atoms with Gasteiger partial charge in [-0.3, -0.25) is 4.79 Å². The number of allylic oxidation sites excluding steroid dienone is 3. The van der Waals surface area contributed by atoms with E-state index in [1.807, 2.05) is 24.3 Å². The largest absolute Gasteiger partial charge is 0.462 e. The van der Waals surface area contributed by atoms with Gasteiger partial charge in [-0.2, -0.15) is 0 Å². The van der Waals surface area contributed by atoms with Crippen LogP contribution in [-0.2, 0) is 9.53 Å². The molecule has 6 nitrogen and oxygen atoms in total. The Kier molecular flexibility index (Phi) is 6.36. The Balaban J connectivity index is 1.71. The maximum atomic E-state index is 11.1. The highest BCUT2D eigenvalue weighted by molar-refractivity contribution is 7.97. The Morgan fingerprint density at radius 2 is 2.19 bits per heavy atom. The molecule has 0 bridgehead atoms. The number of nitrogens with zero attached hydrogens (tertiary/aromatic N) is 2. The molecule has 7 heteroatoms. The van der Waals surface area contributed by atoms with E-state index >= 15 is 0 Å². The average molecular weight is 385 g/mol. The SMILES string of the molecule is C=C/C=C(\C=C)Nc1noc2c(SN3CCC(OC(C)=O)CC3)cccc12. The summed E-state index contributed by atoms with van der Waals surface area (Å²) in [6, 6.07) is 5.98. The lowest BCUT2D eigenvalue weighted by molar-refractivity contribution is -0.147. The minimum atomic E-state index is -0.211. The van der Waals surface area contributed by atoms with Crippen LogP contribution in [0.4, 0.5) is 5.82 Å². The maximum Gasteiger partial charge on any atom is 0.302 e. The third kappa shape index (κ3) is 4.81. The highest BCUT2D eigenvalue weighted by Crippen LogP contribution is 2.35. The zero-order valence-electron chi connectivity index (χ0n) is 15.3. The van der Waals surface area contributed by atoms with Gasteiger partial charge in [-0.1, -0.05) is 30.5 Å². The van der Waals surface area contributed by atoms with Crippen LogP contribution in [0.2, 0.25) is 0 Å². The second-order valence-electron chi connectivity index (χ2n) is 6.18. The van der Waals surface area contributed by atoms with Crippen molar-refractivity contribution in [3.8, 4) is 0 Å². The standard InChI is InChI=1S/C20H23N3O3S/c1-4-7-15(5-2)21-20-17-8-6-9-18(19(17)26-22-20)27-23-12-10-16(11-13-23)25-14(3)24/h4-9,16H,1-2,10-13H2,3H3,(H,21,22)/b15-7+. The van der Waals surface area contributed by atoms with Crippen LogP contribution in [0.15, 0.2) is 64.7 Å². The van der Waals surface area contributed by atoms with Crippen molar-refractivity contribution in [2.24, 2.45) is 0 Å². The maximum absolute atomic E-state index is 11.1. The summed E-state index contributed by atoms with van der Waals surface area (Å²) in [6.45, 7) is 10.6. The number of esters is 1. The molecule has 1 aromatic heterocycles. The van der Waals surface area contributed by atoms with Crippen molar-refractivity contribution in [1.82, 2.24) is 9.46 Å². The Morgan fingerprint density at radius 3 is 2.85 bits per heavy atom. The first-order chi connectivity index (χ1) is 13.1. The van der Waals surface area contributed by atoms with Gasteiger partial charge < -0.3 is 14.6 Å². The first kappa shape index (κ1) is 19.3. The van der Waals surface area contributed by atoms with E-state index in [9.17, 15) is 4.79 Å². The highest BCUT2D eigenvalue weighted by Gasteiger charge is 2.23. The Hall–Kier alpha value is -2.51. The molecule has 3 rings (SSSR count). The number of carbonyl (C=O) groups is 1. The summed E-state index contributed by atoms with van der Waals surface area (Å²) < 4.78 is 13.2. The van der Waals surface area contributed by atoms with Crippen LogP contribution in [0.1, 0.15) is 19.8 Å². The predicted octanol–water partition coefficient (Wildman–Crippen LogP) is 4.53. The van der Waals surface area contributed by atoms with E-state index < -0.39 is 0 Å². The van der Waals surface area contributed by atoms with Crippen molar-refractivity contribution in [3.05, 3.63) is 55.3 Å². The minimum absolute atomic E-state index is 0.0187. The number of anilines is 1. The zero-order valence-corrected chi connectivity index (χ0v) is 16.1. The van der Waals surface area contributed by atoms with Gasteiger partial charge in [0.1, 0.15) is 6.10 Å². The molecular weight excluding hydrogens is 362 g/mol. The van der Waals surface area contributed by atoms with Crippen LogP contribution >= 0.6 is 11.9 Å². The Morgan fingerprint density at radius 1 is 1.41 bits per heavy atom. The molecule has 0 radical (unpaired) electrons. The van der Waals surface area contributed by atoms with Crippen molar-refractivity contribution in [1.29, 1.82) is 0 Å². The number of piperidine rings is 1. The van der Waals surface area contributed by atoms with Crippen molar-refractivity contribution >= 4 is 34.7 Å². The molecule has 1 aliphatic heterocycles. The molecule has 2 heterocycles. The van der Waals surface area contributed by atoms with E-state index in [0.29, 0.717) is 5.82 Å². The average Bonchev–Trinajstić information content (AvgIpc) is 3.06. The van der Waals surface area contributed by atoms with E-state index in [1.54, 1.807) is 24.1 Å². The molecule has 2 aromatic rings. The van der Waals surface area contributed by atoms with Crippen molar-refractivity contribution in [2.45, 2.75) is 30.8 Å². The van der Waals surface area contributed by atoms with E-state index in [2.05, 4.69) is 27.9 Å². The smallest absolute Gasteiger partial charge is 0.302 e. The fourth-order valence-corrected chi connectivity index (χ4v) is 3.98. The third-order valence-electron chi connectivity index (χ3n) is 4.20. The number of nitrogens with one attached hydrogen (secondary N) is 1. The molecule has 0 amide bonds. The van der Waals surface area contributed by atoms with Crippen LogP contribution in [0.3, 0.4) is 0 Å². The number of carbonyl (C=O) groups excluding carboxylic acids is 1. The van der Waals surface area contributed by atoms with Gasteiger partial charge in [0.15, 0.2) is 11.4 Å². The Labute approximate surface area is 163 Å². The lowest BCUT2D eigenvalue weighted by atomic mass is 10.1. The van der Waals surface area contributed by atoms with Gasteiger partial charge in [0.25, 0.3) is 0 Å². The van der Waals surface area contributed by atoms with Crippen LogP contribution in [0.5, 0.6) is 0 Å². The lowest BCUT2D eigenvalue weighted by Crippen LogP contribution is -2.33. The van der Waals surface area contributed by atoms with Crippen LogP contribution < -0.4 is 5.32 Å². The normalized spacial score (nSPS) is 16.3. The van der Waals surface area contributed by atoms with Crippen molar-refractivity contribution in [2.75, 3.05) is 18.4 Å². The first-order valence-corrected chi connectivity index (χ1v) is 9.58. The summed E-state index contributed by atoms with van der Waals surface area (Å²) in [5, 5.41) is 8.28. The van der Waals surface area contributed by atoms with E-state index in [0.717, 1.165) is 47.5 Å². The van der Waals surface area contributed by atoms with E-state index in [4.69, 9.17) is 9.26 Å². The number of ether oxygens (including phenoxy) is 1. The number of benzene rings is 1. The molecule has 27 heavy (non-hydrogen) atoms. The van der Waals surface area contributed by atoms with Gasteiger partial charge in [-0.05, 0) is 49.1 Å². The first-order valence-electron chi connectivity index (χ1n) is 8.81. The fraction of sp³-hybridized carbons (Fsp3) is 0.300. The second kappa shape index (κ2) is 8.92. The lowest BCUT2D eigenvalue weighted by Gasteiger charge is -2.30. The number of rotatable bonds is 7. The van der Waals surface area contributed by atoms with Crippen LogP contribution in [0, 0.1) is 0 Å². The van der Waals surface area contributed by atoms with Gasteiger partial charge in [-0.15, -0.1) is 0 Å². The molecule has 0 atom stereocenters. The highest BCUT2D eigenvalue weighted by atomic mass is 32.2. The van der Waals surface area contributed by atoms with E-state index in [-0.39, 0.29) is 12.1 Å². The summed E-state index contributed by atoms with van der Waals surface area (Å²) in [7, 11) is 0. The van der Waals surface area contributed by atoms with Gasteiger partial charge in [0.2, 0.25) is 0 Å². The van der Waals surface area contributed by atoms with E-state index in [1.165, 1.54) is 6.92 Å². The monoisotopic (exact) mass is 385 g/mol. The number of para-hydroxylation sites is 1. The number of hydrogen-bond acceptors (Lipinski definition) is 7. The second-order valence-corrected chi connectivity index (χ2v) is 7.32. The van der Waals surface area contributed by atoms with Gasteiger partial charge in [0, 0.05) is 25.7 Å². The summed E-state index contributed by atoms with van der Waals surface area (Å²) in [6.07, 6.45) is 6.90. The molecule has 1 saturated heterocycles. The van der Waals surface area contributed by atoms with Crippen molar-refractivity contribution < 1.29 is 14.1 Å². The van der Waals surface area contributed by atoms with Gasteiger partial charge in [-0.25, -0.2) is 4.31 Å². The zero-order chi connectivity index (χ0) is 19.2. The summed E-state index contributed by atoms with van der Waals surface area (Å²) in [4.78, 5) is 12.1. The summed E-state index contributed by atoms with van der Waals surface area (Å²) >= 11 is 1.64. The molecule has 1 N–H and O–H groups in total. The molecule has 142 valence electrons. The molecular formula is C20H23N3O3S. The van der Waals surface area contributed by atoms with Crippen LogP contribution in [0.25, 0.3) is 11.0 Å². The number of hydrogen-bond donors (Lipinski definition) is 1. The summed E-state index contributed by atoms with van der Waals surface area (Å²) in [5.74, 6) is 0.436. The van der Waals surface area contributed by atoms with Gasteiger partial charge >= 0.3 is 5.97 Å².